The van der Waals surface area contributed by atoms with Crippen LogP contribution in [0.1, 0.15) is 0 Å². The lowest BCUT2D eigenvalue weighted by Crippen LogP contribution is -1.08. The monoisotopic (exact) mass is 189 g/mol. The molecule has 0 saturated carbocycles. The molecule has 0 atom stereocenters. The van der Waals surface area contributed by atoms with E-state index in [1.807, 2.05) is 0 Å². The quantitative estimate of drug-likeness (QED) is 0.357. The van der Waals surface area contributed by atoms with Crippen molar-refractivity contribution in [3.63, 3.8) is 0 Å². The molecule has 0 aromatic rings. The fraction of sp³-hybridized carbons (Fsp3) is 0. The van der Waals surface area contributed by atoms with Gasteiger partial charge in [-0.25, -0.2) is 0 Å². The van der Waals surface area contributed by atoms with E-state index in [1.54, 1.807) is 21.2 Å². The Balaban J connectivity index is 2.30. The summed E-state index contributed by atoms with van der Waals surface area (Å²) in [7, 11) is 0.896. The van der Waals surface area contributed by atoms with Gasteiger partial charge in [-0.1, -0.05) is 0 Å². The van der Waals surface area contributed by atoms with Crippen molar-refractivity contribution in [1.82, 2.24) is 0 Å². The molecule has 0 heterocycles. The van der Waals surface area contributed by atoms with Gasteiger partial charge >= 0.3 is 0 Å². The Morgan fingerprint density at radius 1 is 2.00 bits per heavy atom. The molecule has 24 valence electrons. The molecular formula is INOS. The Morgan fingerprint density at radius 2 is 2.25 bits per heavy atom. The van der Waals surface area contributed by atoms with Crippen LogP contribution in [-0.2, 0) is 0 Å². The summed E-state index contributed by atoms with van der Waals surface area (Å²) >= 11 is 1.79. The molecule has 0 aromatic heterocycles. The number of hydrogen-bond acceptors (Lipinski definition) is 3. The van der Waals surface area contributed by atoms with E-state index in [9.17, 15) is 0 Å². The zero-order chi connectivity index (χ0) is 3.41. The summed E-state index contributed by atoms with van der Waals surface area (Å²) in [6.07, 6.45) is 0. The van der Waals surface area contributed by atoms with Gasteiger partial charge in [-0.15, -0.1) is 4.91 Å². The maximum atomic E-state index is 8.88. The second-order valence-electron chi connectivity index (χ2n) is 0.144. The minimum atomic E-state index is 0.896. The van der Waals surface area contributed by atoms with Gasteiger partial charge in [-0.05, 0) is 0 Å². The third kappa shape index (κ3) is 2.68. The fourth-order valence-electron chi connectivity index (χ4n) is 0. The van der Waals surface area contributed by atoms with Crippen LogP contribution in [0, 0.1) is 4.91 Å². The predicted molar refractivity (Wildman–Crippen MR) is 27.4 cm³/mol. The average molecular weight is 189 g/mol. The molecule has 0 radical (unpaired) electrons. The van der Waals surface area contributed by atoms with Crippen LogP contribution in [-0.4, -0.2) is 0 Å². The van der Waals surface area contributed by atoms with Crippen molar-refractivity contribution in [2.45, 2.75) is 0 Å². The number of nitrogens with zero attached hydrogens (tertiary/aromatic N) is 1. The SMILES string of the molecule is O=NSI. The first-order valence-electron chi connectivity index (χ1n) is 0.519. The first-order chi connectivity index (χ1) is 1.91. The summed E-state index contributed by atoms with van der Waals surface area (Å²) in [6, 6.07) is 0. The standard InChI is InChI=1S/INOS/c1-4-2-3. The third-order valence-electron chi connectivity index (χ3n) is 0.0282. The number of halogens is 1. The summed E-state index contributed by atoms with van der Waals surface area (Å²) in [6.45, 7) is 0. The Morgan fingerprint density at radius 3 is 2.25 bits per heavy atom. The molecule has 0 aliphatic carbocycles. The maximum absolute atomic E-state index is 8.88. The largest absolute Gasteiger partial charge is 0.136 e. The van der Waals surface area contributed by atoms with Crippen molar-refractivity contribution in [1.29, 1.82) is 0 Å². The highest BCUT2D eigenvalue weighted by Crippen LogP contribution is 2.09. The first-order valence-corrected chi connectivity index (χ1v) is 3.84. The molecule has 0 N–H and O–H groups in total. The molecule has 2 nitrogen and oxygen atoms in total. The van der Waals surface area contributed by atoms with Gasteiger partial charge in [-0.2, -0.15) is 0 Å². The van der Waals surface area contributed by atoms with Crippen LogP contribution in [0.25, 0.3) is 0 Å². The molecule has 0 unspecified atom stereocenters. The Labute approximate surface area is 40.0 Å². The van der Waals surface area contributed by atoms with Crippen LogP contribution in [0.15, 0.2) is 4.58 Å². The average Bonchev–Trinajstić information content (AvgIpc) is 1.37. The van der Waals surface area contributed by atoms with Crippen LogP contribution >= 0.6 is 30.3 Å². The topological polar surface area (TPSA) is 29.4 Å². The Bertz CT molecular complexity index is 22.0. The van der Waals surface area contributed by atoms with E-state index in [4.69, 9.17) is 4.91 Å². The molecule has 4 heavy (non-hydrogen) atoms. The van der Waals surface area contributed by atoms with Gasteiger partial charge in [0.05, 0.1) is 9.12 Å². The maximum Gasteiger partial charge on any atom is 0.0934 e. The van der Waals surface area contributed by atoms with E-state index < -0.39 is 0 Å². The first kappa shape index (κ1) is 4.68. The smallest absolute Gasteiger partial charge is 0.0934 e. The van der Waals surface area contributed by atoms with Gasteiger partial charge in [0.2, 0.25) is 0 Å². The highest BCUT2D eigenvalue weighted by atomic mass is 127. The molecule has 0 amide bonds. The molecule has 0 spiro atoms. The number of rotatable bonds is 1. The van der Waals surface area contributed by atoms with Gasteiger partial charge in [0.25, 0.3) is 0 Å². The molecular weight excluding hydrogens is 189 g/mol. The lowest BCUT2D eigenvalue weighted by molar-refractivity contribution is 1.91. The third-order valence-corrected chi connectivity index (χ3v) is 0.567. The van der Waals surface area contributed by atoms with Gasteiger partial charge in [-0.3, -0.25) is 0 Å². The summed E-state index contributed by atoms with van der Waals surface area (Å²) in [4.78, 5) is 8.88. The van der Waals surface area contributed by atoms with Crippen molar-refractivity contribution in [3.8, 4) is 0 Å². The predicted octanol–water partition coefficient (Wildman–Crippen LogP) is 1.75. The molecule has 0 aliphatic heterocycles. The lowest BCUT2D eigenvalue weighted by atomic mass is 13.7. The van der Waals surface area contributed by atoms with E-state index in [0.717, 1.165) is 9.12 Å². The van der Waals surface area contributed by atoms with Gasteiger partial charge in [0.15, 0.2) is 0 Å². The van der Waals surface area contributed by atoms with Crippen molar-refractivity contribution in [2.24, 2.45) is 4.58 Å². The van der Waals surface area contributed by atoms with E-state index in [0.29, 0.717) is 0 Å². The van der Waals surface area contributed by atoms with E-state index in [1.165, 1.54) is 0 Å². The van der Waals surface area contributed by atoms with E-state index >= 15 is 0 Å². The normalized spacial score (nSPS) is 6.25. The molecule has 0 bridgehead atoms. The van der Waals surface area contributed by atoms with E-state index in [-0.39, 0.29) is 0 Å². The number of nitroso groups, excluding NO2 is 1. The molecule has 0 rings (SSSR count). The fourth-order valence-corrected chi connectivity index (χ4v) is 0. The van der Waals surface area contributed by atoms with Crippen LogP contribution in [0.3, 0.4) is 0 Å². The molecule has 4 heteroatoms. The van der Waals surface area contributed by atoms with Crippen LogP contribution in [0.5, 0.6) is 0 Å². The molecule has 0 fully saturated rings. The highest BCUT2D eigenvalue weighted by molar-refractivity contribution is 14.2. The summed E-state index contributed by atoms with van der Waals surface area (Å²) in [5.74, 6) is 0. The minimum absolute atomic E-state index is 0.896. The summed E-state index contributed by atoms with van der Waals surface area (Å²) in [5.41, 5.74) is 0. The zero-order valence-electron chi connectivity index (χ0n) is 1.64. The summed E-state index contributed by atoms with van der Waals surface area (Å²) in [5, 5.41) is 0. The molecule has 0 saturated heterocycles. The van der Waals surface area contributed by atoms with Crippen molar-refractivity contribution in [2.75, 3.05) is 0 Å². The van der Waals surface area contributed by atoms with Crippen LogP contribution in [0.2, 0.25) is 0 Å². The Kier molecular flexibility index (Phi) is 4.31. The van der Waals surface area contributed by atoms with Gasteiger partial charge in [0.1, 0.15) is 0 Å². The van der Waals surface area contributed by atoms with Gasteiger partial charge < -0.3 is 0 Å². The second-order valence-corrected chi connectivity index (χ2v) is 1.61. The van der Waals surface area contributed by atoms with Crippen molar-refractivity contribution in [3.05, 3.63) is 4.91 Å². The van der Waals surface area contributed by atoms with Crippen molar-refractivity contribution >= 4 is 30.3 Å². The molecule has 0 aliphatic rings. The van der Waals surface area contributed by atoms with Crippen molar-refractivity contribution < 1.29 is 0 Å². The lowest BCUT2D eigenvalue weighted by Gasteiger charge is -1.47. The molecule has 0 aromatic carbocycles. The highest BCUT2D eigenvalue weighted by Gasteiger charge is 1.55. The second kappa shape index (κ2) is 3.68. The summed E-state index contributed by atoms with van der Waals surface area (Å²) < 4.78 is 2.39. The van der Waals surface area contributed by atoms with Crippen LogP contribution in [0.4, 0.5) is 0 Å². The Hall–Kier alpha value is 0.680. The zero-order valence-corrected chi connectivity index (χ0v) is 4.62. The van der Waals surface area contributed by atoms with E-state index in [2.05, 4.69) is 4.58 Å². The minimum Gasteiger partial charge on any atom is -0.136 e. The van der Waals surface area contributed by atoms with Crippen LogP contribution < -0.4 is 0 Å². The number of hydrogen-bond donors (Lipinski definition) is 0. The van der Waals surface area contributed by atoms with Gasteiger partial charge in [0, 0.05) is 25.8 Å².